The van der Waals surface area contributed by atoms with Crippen LogP contribution in [0, 0.1) is 5.82 Å². The van der Waals surface area contributed by atoms with E-state index in [1.54, 1.807) is 12.1 Å². The molecule has 1 aromatic rings. The van der Waals surface area contributed by atoms with Crippen LogP contribution in [0.1, 0.15) is 30.9 Å². The van der Waals surface area contributed by atoms with Gasteiger partial charge in [0.05, 0.1) is 19.3 Å². The number of ether oxygens (including phenoxy) is 2. The molecule has 1 fully saturated rings. The average molecular weight is 240 g/mol. The number of benzene rings is 1. The summed E-state index contributed by atoms with van der Waals surface area (Å²) in [7, 11) is 0. The Balaban J connectivity index is 1.80. The van der Waals surface area contributed by atoms with E-state index in [9.17, 15) is 9.50 Å². The topological polar surface area (TPSA) is 38.7 Å². The van der Waals surface area contributed by atoms with Gasteiger partial charge in [-0.25, -0.2) is 4.39 Å². The maximum Gasteiger partial charge on any atom is 0.157 e. The number of hydrogen-bond donors (Lipinski definition) is 1. The van der Waals surface area contributed by atoms with E-state index in [0.717, 1.165) is 25.2 Å². The molecule has 1 N–H and O–H groups in total. The van der Waals surface area contributed by atoms with E-state index < -0.39 is 6.10 Å². The van der Waals surface area contributed by atoms with Crippen molar-refractivity contribution in [2.75, 3.05) is 13.2 Å². The van der Waals surface area contributed by atoms with Crippen LogP contribution in [-0.4, -0.2) is 24.6 Å². The lowest BCUT2D eigenvalue weighted by Gasteiger charge is -2.24. The standard InChI is InChI=1S/C13H17FO3/c14-11-4-2-10(3-5-11)12(15)6-7-13-16-8-1-9-17-13/h2-5,12-13,15H,1,6-9H2. The number of rotatable bonds is 4. The van der Waals surface area contributed by atoms with E-state index in [0.29, 0.717) is 12.8 Å². The lowest BCUT2D eigenvalue weighted by atomic mass is 10.0. The zero-order chi connectivity index (χ0) is 12.1. The van der Waals surface area contributed by atoms with Crippen molar-refractivity contribution in [3.8, 4) is 0 Å². The summed E-state index contributed by atoms with van der Waals surface area (Å²) in [5.41, 5.74) is 0.724. The fourth-order valence-electron chi connectivity index (χ4n) is 1.85. The predicted octanol–water partition coefficient (Wildman–Crippen LogP) is 2.40. The van der Waals surface area contributed by atoms with E-state index in [4.69, 9.17) is 9.47 Å². The highest BCUT2D eigenvalue weighted by molar-refractivity contribution is 5.18. The highest BCUT2D eigenvalue weighted by Gasteiger charge is 2.16. The Labute approximate surface area is 100 Å². The second-order valence-electron chi connectivity index (χ2n) is 4.17. The first-order chi connectivity index (χ1) is 8.25. The molecule has 3 nitrogen and oxygen atoms in total. The van der Waals surface area contributed by atoms with Crippen molar-refractivity contribution in [2.24, 2.45) is 0 Å². The first-order valence-electron chi connectivity index (χ1n) is 5.92. The molecule has 1 unspecified atom stereocenters. The molecule has 0 aromatic heterocycles. The van der Waals surface area contributed by atoms with E-state index in [2.05, 4.69) is 0 Å². The minimum Gasteiger partial charge on any atom is -0.388 e. The third-order valence-electron chi connectivity index (χ3n) is 2.83. The Bertz CT molecular complexity index is 333. The number of aliphatic hydroxyl groups is 1. The molecule has 0 bridgehead atoms. The molecule has 1 aromatic carbocycles. The zero-order valence-electron chi connectivity index (χ0n) is 9.64. The van der Waals surface area contributed by atoms with E-state index in [1.165, 1.54) is 12.1 Å². The maximum absolute atomic E-state index is 12.7. The summed E-state index contributed by atoms with van der Waals surface area (Å²) in [6.45, 7) is 1.44. The Morgan fingerprint density at radius 2 is 1.88 bits per heavy atom. The monoisotopic (exact) mass is 240 g/mol. The van der Waals surface area contributed by atoms with Gasteiger partial charge in [0.2, 0.25) is 0 Å². The average Bonchev–Trinajstić information content (AvgIpc) is 2.38. The van der Waals surface area contributed by atoms with Crippen molar-refractivity contribution >= 4 is 0 Å². The van der Waals surface area contributed by atoms with Crippen LogP contribution in [0.2, 0.25) is 0 Å². The fourth-order valence-corrected chi connectivity index (χ4v) is 1.85. The van der Waals surface area contributed by atoms with Gasteiger partial charge in [0.15, 0.2) is 6.29 Å². The SMILES string of the molecule is OC(CCC1OCCCO1)c1ccc(F)cc1. The minimum absolute atomic E-state index is 0.209. The molecule has 4 heteroatoms. The van der Waals surface area contributed by atoms with Crippen LogP contribution in [0.5, 0.6) is 0 Å². The van der Waals surface area contributed by atoms with Gasteiger partial charge in [-0.2, -0.15) is 0 Å². The van der Waals surface area contributed by atoms with Gasteiger partial charge < -0.3 is 14.6 Å². The molecule has 0 amide bonds. The lowest BCUT2D eigenvalue weighted by molar-refractivity contribution is -0.183. The van der Waals surface area contributed by atoms with Crippen molar-refractivity contribution in [3.05, 3.63) is 35.6 Å². The van der Waals surface area contributed by atoms with Crippen LogP contribution >= 0.6 is 0 Å². The number of aliphatic hydroxyl groups excluding tert-OH is 1. The van der Waals surface area contributed by atoms with Crippen LogP contribution in [0.4, 0.5) is 4.39 Å². The molecule has 0 spiro atoms. The van der Waals surface area contributed by atoms with Gasteiger partial charge in [-0.15, -0.1) is 0 Å². The molecule has 1 atom stereocenters. The van der Waals surface area contributed by atoms with Crippen molar-refractivity contribution in [1.82, 2.24) is 0 Å². The smallest absolute Gasteiger partial charge is 0.157 e. The molecule has 17 heavy (non-hydrogen) atoms. The quantitative estimate of drug-likeness (QED) is 0.878. The first-order valence-corrected chi connectivity index (χ1v) is 5.92. The molecule has 1 heterocycles. The third-order valence-corrected chi connectivity index (χ3v) is 2.83. The highest BCUT2D eigenvalue weighted by Crippen LogP contribution is 2.21. The van der Waals surface area contributed by atoms with Crippen molar-refractivity contribution in [2.45, 2.75) is 31.7 Å². The van der Waals surface area contributed by atoms with Gasteiger partial charge in [0, 0.05) is 6.42 Å². The summed E-state index contributed by atoms with van der Waals surface area (Å²) >= 11 is 0. The van der Waals surface area contributed by atoms with Gasteiger partial charge in [-0.05, 0) is 30.5 Å². The molecule has 94 valence electrons. The molecule has 0 radical (unpaired) electrons. The number of halogens is 1. The molecule has 1 saturated heterocycles. The minimum atomic E-state index is -0.593. The molecule has 2 rings (SSSR count). The summed E-state index contributed by atoms with van der Waals surface area (Å²) in [4.78, 5) is 0. The second-order valence-corrected chi connectivity index (χ2v) is 4.17. The van der Waals surface area contributed by atoms with Gasteiger partial charge in [0.25, 0.3) is 0 Å². The van der Waals surface area contributed by atoms with Crippen LogP contribution in [0.25, 0.3) is 0 Å². The fraction of sp³-hybridized carbons (Fsp3) is 0.538. The van der Waals surface area contributed by atoms with Gasteiger partial charge in [-0.1, -0.05) is 12.1 Å². The number of hydrogen-bond acceptors (Lipinski definition) is 3. The Kier molecular flexibility index (Phi) is 4.48. The summed E-state index contributed by atoms with van der Waals surface area (Å²) in [6, 6.07) is 5.91. The van der Waals surface area contributed by atoms with Crippen molar-refractivity contribution < 1.29 is 19.0 Å². The van der Waals surface area contributed by atoms with Gasteiger partial charge in [0.1, 0.15) is 5.82 Å². The van der Waals surface area contributed by atoms with Crippen molar-refractivity contribution in [1.29, 1.82) is 0 Å². The van der Waals surface area contributed by atoms with Crippen LogP contribution < -0.4 is 0 Å². The van der Waals surface area contributed by atoms with Crippen molar-refractivity contribution in [3.63, 3.8) is 0 Å². The van der Waals surface area contributed by atoms with Gasteiger partial charge >= 0.3 is 0 Å². The highest BCUT2D eigenvalue weighted by atomic mass is 19.1. The predicted molar refractivity (Wildman–Crippen MR) is 60.9 cm³/mol. The van der Waals surface area contributed by atoms with Gasteiger partial charge in [-0.3, -0.25) is 0 Å². The molecule has 1 aliphatic heterocycles. The van der Waals surface area contributed by atoms with Crippen LogP contribution in [0.15, 0.2) is 24.3 Å². The molecule has 0 saturated carbocycles. The summed E-state index contributed by atoms with van der Waals surface area (Å²) < 4.78 is 23.5. The first kappa shape index (κ1) is 12.5. The van der Waals surface area contributed by atoms with Crippen LogP contribution in [0.3, 0.4) is 0 Å². The molecule has 0 aliphatic carbocycles. The molecular formula is C13H17FO3. The molecule has 1 aliphatic rings. The summed E-state index contributed by atoms with van der Waals surface area (Å²) in [5.74, 6) is -0.292. The third kappa shape index (κ3) is 3.77. The zero-order valence-corrected chi connectivity index (χ0v) is 9.64. The maximum atomic E-state index is 12.7. The van der Waals surface area contributed by atoms with E-state index >= 15 is 0 Å². The summed E-state index contributed by atoms with van der Waals surface area (Å²) in [5, 5.41) is 9.91. The lowest BCUT2D eigenvalue weighted by Crippen LogP contribution is -2.25. The van der Waals surface area contributed by atoms with E-state index in [1.807, 2.05) is 0 Å². The second kappa shape index (κ2) is 6.10. The Morgan fingerprint density at radius 1 is 1.24 bits per heavy atom. The van der Waals surface area contributed by atoms with E-state index in [-0.39, 0.29) is 12.1 Å². The van der Waals surface area contributed by atoms with Crippen LogP contribution in [-0.2, 0) is 9.47 Å². The normalized spacial score (nSPS) is 19.2. The molecular weight excluding hydrogens is 223 g/mol. The largest absolute Gasteiger partial charge is 0.388 e. The Hall–Kier alpha value is -0.970. The summed E-state index contributed by atoms with van der Waals surface area (Å²) in [6.07, 6.45) is 1.33. The Morgan fingerprint density at radius 3 is 2.53 bits per heavy atom.